The van der Waals surface area contributed by atoms with Gasteiger partial charge in [0.2, 0.25) is 5.91 Å². The molecule has 1 atom stereocenters. The Bertz CT molecular complexity index is 375. The number of nitrogens with one attached hydrogen (secondary N) is 1. The number of hydrogen-bond acceptors (Lipinski definition) is 5. The van der Waals surface area contributed by atoms with E-state index < -0.39 is 5.92 Å². The summed E-state index contributed by atoms with van der Waals surface area (Å²) in [6.07, 6.45) is 4.45. The zero-order chi connectivity index (χ0) is 9.26. The molecule has 0 spiro atoms. The molecule has 13 heavy (non-hydrogen) atoms. The summed E-state index contributed by atoms with van der Waals surface area (Å²) in [5.41, 5.74) is 2.75. The van der Waals surface area contributed by atoms with Crippen molar-refractivity contribution in [2.75, 3.05) is 0 Å². The second kappa shape index (κ2) is 2.91. The van der Waals surface area contributed by atoms with Crippen molar-refractivity contribution >= 4 is 17.9 Å². The summed E-state index contributed by atoms with van der Waals surface area (Å²) in [6, 6.07) is 0. The fourth-order valence-electron chi connectivity index (χ4n) is 1.19. The molecule has 0 saturated carbocycles. The average Bonchev–Trinajstić information content (AvgIpc) is 2.60. The van der Waals surface area contributed by atoms with Gasteiger partial charge in [0.25, 0.3) is 0 Å². The molecule has 1 aliphatic heterocycles. The van der Waals surface area contributed by atoms with Gasteiger partial charge in [-0.05, 0) is 0 Å². The number of aliphatic imine (C=N–C) groups is 1. The minimum atomic E-state index is -0.457. The van der Waals surface area contributed by atoms with E-state index in [1.807, 2.05) is 0 Å². The molecule has 1 amide bonds. The molecule has 3 N–H and O–H groups in total. The predicted molar refractivity (Wildman–Crippen MR) is 45.3 cm³/mol. The van der Waals surface area contributed by atoms with Crippen molar-refractivity contribution in [3.8, 4) is 0 Å². The van der Waals surface area contributed by atoms with E-state index >= 15 is 0 Å². The Morgan fingerprint density at radius 1 is 1.62 bits per heavy atom. The van der Waals surface area contributed by atoms with Gasteiger partial charge in [0.05, 0.1) is 0 Å². The quantitative estimate of drug-likeness (QED) is 0.336. The summed E-state index contributed by atoms with van der Waals surface area (Å²) in [6.45, 7) is 0. The Hall–Kier alpha value is -1.82. The van der Waals surface area contributed by atoms with Gasteiger partial charge in [-0.15, -0.1) is 0 Å². The summed E-state index contributed by atoms with van der Waals surface area (Å²) in [5.74, 6) is 4.77. The van der Waals surface area contributed by atoms with Gasteiger partial charge in [-0.2, -0.15) is 0 Å². The highest BCUT2D eigenvalue weighted by molar-refractivity contribution is 6.02. The predicted octanol–water partition coefficient (Wildman–Crippen LogP) is -0.734. The van der Waals surface area contributed by atoms with Gasteiger partial charge in [0, 0.05) is 18.0 Å². The number of nitrogens with two attached hydrogens (primary N) is 1. The van der Waals surface area contributed by atoms with Gasteiger partial charge in [0.15, 0.2) is 5.82 Å². The van der Waals surface area contributed by atoms with Crippen molar-refractivity contribution < 1.29 is 4.79 Å². The number of hydrogen-bond donors (Lipinski definition) is 2. The third-order valence-electron chi connectivity index (χ3n) is 1.82. The Morgan fingerprint density at radius 3 is 3.23 bits per heavy atom. The van der Waals surface area contributed by atoms with Gasteiger partial charge < -0.3 is 0 Å². The molecule has 0 aromatic carbocycles. The Morgan fingerprint density at radius 2 is 2.46 bits per heavy atom. The SMILES string of the molecule is NNC(=O)C1C=Nc2ncncc21. The van der Waals surface area contributed by atoms with Gasteiger partial charge in [0.1, 0.15) is 12.2 Å². The van der Waals surface area contributed by atoms with Crippen LogP contribution in [0.2, 0.25) is 0 Å². The van der Waals surface area contributed by atoms with E-state index in [2.05, 4.69) is 20.4 Å². The highest BCUT2D eigenvalue weighted by Gasteiger charge is 2.25. The molecule has 0 aliphatic carbocycles. The maximum absolute atomic E-state index is 11.2. The molecule has 1 unspecified atom stereocenters. The summed E-state index contributed by atoms with van der Waals surface area (Å²) in [5, 5.41) is 0. The first-order valence-corrected chi connectivity index (χ1v) is 3.67. The topological polar surface area (TPSA) is 93.3 Å². The first-order valence-electron chi connectivity index (χ1n) is 3.67. The van der Waals surface area contributed by atoms with Crippen LogP contribution in [0, 0.1) is 0 Å². The third-order valence-corrected chi connectivity index (χ3v) is 1.82. The Kier molecular flexibility index (Phi) is 1.75. The zero-order valence-electron chi connectivity index (χ0n) is 6.64. The molecule has 2 rings (SSSR count). The Labute approximate surface area is 73.9 Å². The van der Waals surface area contributed by atoms with Gasteiger partial charge in [-0.25, -0.2) is 20.8 Å². The third kappa shape index (κ3) is 1.17. The van der Waals surface area contributed by atoms with Crippen LogP contribution >= 0.6 is 0 Å². The molecule has 1 aromatic heterocycles. The van der Waals surface area contributed by atoms with Crippen LogP contribution in [0.3, 0.4) is 0 Å². The number of amides is 1. The molecular weight excluding hydrogens is 170 g/mol. The molecule has 0 fully saturated rings. The van der Waals surface area contributed by atoms with Crippen LogP contribution in [-0.4, -0.2) is 22.1 Å². The van der Waals surface area contributed by atoms with Crippen LogP contribution in [0.15, 0.2) is 17.5 Å². The summed E-state index contributed by atoms with van der Waals surface area (Å²) in [4.78, 5) is 22.9. The molecule has 1 aromatic rings. The number of nitrogens with zero attached hydrogens (tertiary/aromatic N) is 3. The number of carbonyl (C=O) groups excluding carboxylic acids is 1. The molecule has 0 saturated heterocycles. The molecule has 0 bridgehead atoms. The van der Waals surface area contributed by atoms with Crippen molar-refractivity contribution in [3.63, 3.8) is 0 Å². The number of carbonyl (C=O) groups is 1. The highest BCUT2D eigenvalue weighted by atomic mass is 16.2. The second-order valence-corrected chi connectivity index (χ2v) is 2.57. The Balaban J connectivity index is 2.38. The van der Waals surface area contributed by atoms with Gasteiger partial charge in [-0.3, -0.25) is 10.2 Å². The fourth-order valence-corrected chi connectivity index (χ4v) is 1.19. The van der Waals surface area contributed by atoms with Crippen LogP contribution in [-0.2, 0) is 4.79 Å². The number of hydrazine groups is 1. The van der Waals surface area contributed by atoms with Crippen LogP contribution in [0.1, 0.15) is 11.5 Å². The minimum absolute atomic E-state index is 0.308. The molecular formula is C7H7N5O. The summed E-state index contributed by atoms with van der Waals surface area (Å²) >= 11 is 0. The van der Waals surface area contributed by atoms with Gasteiger partial charge >= 0.3 is 0 Å². The van der Waals surface area contributed by atoms with Crippen molar-refractivity contribution in [2.24, 2.45) is 10.8 Å². The zero-order valence-corrected chi connectivity index (χ0v) is 6.64. The largest absolute Gasteiger partial charge is 0.293 e. The van der Waals surface area contributed by atoms with Crippen LogP contribution < -0.4 is 11.3 Å². The van der Waals surface area contributed by atoms with E-state index in [0.29, 0.717) is 11.4 Å². The number of fused-ring (bicyclic) bond motifs is 1. The normalized spacial score (nSPS) is 18.4. The molecule has 0 radical (unpaired) electrons. The van der Waals surface area contributed by atoms with Gasteiger partial charge in [-0.1, -0.05) is 0 Å². The maximum atomic E-state index is 11.2. The second-order valence-electron chi connectivity index (χ2n) is 2.57. The number of rotatable bonds is 1. The average molecular weight is 177 g/mol. The molecule has 6 heteroatoms. The van der Waals surface area contributed by atoms with Crippen molar-refractivity contribution in [1.82, 2.24) is 15.4 Å². The molecule has 2 heterocycles. The van der Waals surface area contributed by atoms with E-state index in [-0.39, 0.29) is 5.91 Å². The van der Waals surface area contributed by atoms with Crippen LogP contribution in [0.25, 0.3) is 0 Å². The van der Waals surface area contributed by atoms with Crippen molar-refractivity contribution in [1.29, 1.82) is 0 Å². The standard InChI is InChI=1S/C7H7N5O/c8-12-7(13)5-2-10-6-4(5)1-9-3-11-6/h1-3,5H,8H2,(H,12,13). The fraction of sp³-hybridized carbons (Fsp3) is 0.143. The first kappa shape index (κ1) is 7.81. The lowest BCUT2D eigenvalue weighted by atomic mass is 10.0. The van der Waals surface area contributed by atoms with Crippen molar-refractivity contribution in [3.05, 3.63) is 18.1 Å². The summed E-state index contributed by atoms with van der Waals surface area (Å²) < 4.78 is 0. The van der Waals surface area contributed by atoms with E-state index in [0.717, 1.165) is 0 Å². The lowest BCUT2D eigenvalue weighted by Gasteiger charge is -2.04. The van der Waals surface area contributed by atoms with E-state index in [1.165, 1.54) is 12.5 Å². The number of aromatic nitrogens is 2. The molecule has 6 nitrogen and oxygen atoms in total. The lowest BCUT2D eigenvalue weighted by molar-refractivity contribution is -0.121. The monoisotopic (exact) mass is 177 g/mol. The van der Waals surface area contributed by atoms with Crippen LogP contribution in [0.4, 0.5) is 5.82 Å². The lowest BCUT2D eigenvalue weighted by Crippen LogP contribution is -2.34. The van der Waals surface area contributed by atoms with E-state index in [1.54, 1.807) is 6.20 Å². The first-order chi connectivity index (χ1) is 6.33. The van der Waals surface area contributed by atoms with Crippen LogP contribution in [0.5, 0.6) is 0 Å². The highest BCUT2D eigenvalue weighted by Crippen LogP contribution is 2.28. The smallest absolute Gasteiger partial charge is 0.247 e. The van der Waals surface area contributed by atoms with E-state index in [9.17, 15) is 4.79 Å². The molecule has 1 aliphatic rings. The molecule has 66 valence electrons. The summed E-state index contributed by atoms with van der Waals surface area (Å²) in [7, 11) is 0. The van der Waals surface area contributed by atoms with E-state index in [4.69, 9.17) is 5.84 Å². The van der Waals surface area contributed by atoms with Crippen molar-refractivity contribution in [2.45, 2.75) is 5.92 Å². The maximum Gasteiger partial charge on any atom is 0.247 e. The minimum Gasteiger partial charge on any atom is -0.293 e.